The second-order valence-corrected chi connectivity index (χ2v) is 7.56. The van der Waals surface area contributed by atoms with Gasteiger partial charge in [-0.25, -0.2) is 0 Å². The number of likely N-dealkylation sites (N-methyl/N-ethyl adjacent to an activating group) is 1. The fourth-order valence-electron chi connectivity index (χ4n) is 2.70. The van der Waals surface area contributed by atoms with Crippen LogP contribution in [0.5, 0.6) is 11.5 Å². The van der Waals surface area contributed by atoms with E-state index in [2.05, 4.69) is 5.32 Å². The van der Waals surface area contributed by atoms with Crippen molar-refractivity contribution in [1.29, 1.82) is 0 Å². The van der Waals surface area contributed by atoms with Crippen LogP contribution in [0.15, 0.2) is 42.0 Å². The number of hydrogen-bond acceptors (Lipinski definition) is 5. The van der Waals surface area contributed by atoms with E-state index >= 15 is 0 Å². The minimum Gasteiger partial charge on any atom is -0.490 e. The smallest absolute Gasteiger partial charge is 0.265 e. The fraction of sp³-hybridized carbons (Fsp3) is 0.190. The molecule has 1 saturated heterocycles. The molecule has 1 heterocycles. The van der Waals surface area contributed by atoms with E-state index in [-0.39, 0.29) is 17.3 Å². The fourth-order valence-corrected chi connectivity index (χ4v) is 3.20. The number of rotatable bonds is 6. The summed E-state index contributed by atoms with van der Waals surface area (Å²) < 4.78 is 11.5. The molecule has 0 unspecified atom stereocenters. The number of carbonyl (C=O) groups excluding carboxylic acids is 2. The van der Waals surface area contributed by atoms with Gasteiger partial charge in [-0.05, 0) is 60.6 Å². The van der Waals surface area contributed by atoms with Crippen LogP contribution in [0.1, 0.15) is 18.1 Å². The van der Waals surface area contributed by atoms with Gasteiger partial charge in [0.2, 0.25) is 0 Å². The number of halogens is 2. The van der Waals surface area contributed by atoms with Crippen molar-refractivity contribution in [2.45, 2.75) is 13.5 Å². The molecule has 0 atom stereocenters. The maximum absolute atomic E-state index is 12.4. The zero-order chi connectivity index (χ0) is 21.8. The Kier molecular flexibility index (Phi) is 6.97. The number of benzene rings is 2. The van der Waals surface area contributed by atoms with Crippen LogP contribution in [0.3, 0.4) is 0 Å². The Labute approximate surface area is 189 Å². The monoisotopic (exact) mass is 464 g/mol. The summed E-state index contributed by atoms with van der Waals surface area (Å²) in [6.07, 6.45) is 1.49. The van der Waals surface area contributed by atoms with Gasteiger partial charge in [0.1, 0.15) is 12.2 Å². The Bertz CT molecular complexity index is 1060. The SMILES string of the molecule is CCOc1cc(/C=C2\C(=O)NC(=S)N(C)C2=O)ccc1OCc1ccc(Cl)c(Cl)c1. The maximum atomic E-state index is 12.4. The molecular weight excluding hydrogens is 447 g/mol. The zero-order valence-corrected chi connectivity index (χ0v) is 18.5. The summed E-state index contributed by atoms with van der Waals surface area (Å²) in [4.78, 5) is 25.7. The quantitative estimate of drug-likeness (QED) is 0.393. The molecule has 0 aliphatic carbocycles. The molecule has 6 nitrogen and oxygen atoms in total. The average molecular weight is 465 g/mol. The molecule has 0 bridgehead atoms. The Hall–Kier alpha value is -2.61. The predicted octanol–water partition coefficient (Wildman–Crippen LogP) is 4.23. The molecule has 2 aromatic rings. The normalized spacial score (nSPS) is 15.4. The number of carbonyl (C=O) groups is 2. The standard InChI is InChI=1S/C21H18Cl2N2O4S/c1-3-28-18-10-12(8-14-19(26)24-21(30)25(2)20(14)27)5-7-17(18)29-11-13-4-6-15(22)16(23)9-13/h4-10H,3,11H2,1-2H3,(H,24,26,30)/b14-8+. The average Bonchev–Trinajstić information content (AvgIpc) is 2.71. The van der Waals surface area contributed by atoms with Crippen LogP contribution in [-0.4, -0.2) is 35.5 Å². The first-order chi connectivity index (χ1) is 14.3. The summed E-state index contributed by atoms with van der Waals surface area (Å²) in [7, 11) is 1.50. The van der Waals surface area contributed by atoms with Gasteiger partial charge in [-0.2, -0.15) is 0 Å². The Morgan fingerprint density at radius 1 is 1.07 bits per heavy atom. The molecule has 0 radical (unpaired) electrons. The number of hydrogen-bond donors (Lipinski definition) is 1. The van der Waals surface area contributed by atoms with Crippen molar-refractivity contribution in [3.8, 4) is 11.5 Å². The van der Waals surface area contributed by atoms with E-state index in [0.717, 1.165) is 5.56 Å². The van der Waals surface area contributed by atoms with E-state index in [1.54, 1.807) is 30.3 Å². The van der Waals surface area contributed by atoms with Gasteiger partial charge in [-0.1, -0.05) is 35.3 Å². The first kappa shape index (κ1) is 22.1. The van der Waals surface area contributed by atoms with Gasteiger partial charge in [-0.15, -0.1) is 0 Å². The lowest BCUT2D eigenvalue weighted by atomic mass is 10.1. The summed E-state index contributed by atoms with van der Waals surface area (Å²) in [6, 6.07) is 10.4. The van der Waals surface area contributed by atoms with Crippen molar-refractivity contribution in [3.63, 3.8) is 0 Å². The van der Waals surface area contributed by atoms with Gasteiger partial charge < -0.3 is 9.47 Å². The second kappa shape index (κ2) is 9.47. The highest BCUT2D eigenvalue weighted by Crippen LogP contribution is 2.31. The van der Waals surface area contributed by atoms with E-state index in [1.165, 1.54) is 18.0 Å². The third-order valence-corrected chi connectivity index (χ3v) is 5.38. The molecule has 1 aliphatic rings. The number of ether oxygens (including phenoxy) is 2. The van der Waals surface area contributed by atoms with Crippen molar-refractivity contribution >= 4 is 58.4 Å². The molecule has 9 heteroatoms. The van der Waals surface area contributed by atoms with Gasteiger partial charge >= 0.3 is 0 Å². The van der Waals surface area contributed by atoms with Gasteiger partial charge in [-0.3, -0.25) is 19.8 Å². The lowest BCUT2D eigenvalue weighted by Gasteiger charge is -2.25. The molecule has 1 N–H and O–H groups in total. The summed E-state index contributed by atoms with van der Waals surface area (Å²) >= 11 is 16.9. The number of amides is 2. The van der Waals surface area contributed by atoms with E-state index < -0.39 is 11.8 Å². The first-order valence-electron chi connectivity index (χ1n) is 8.98. The minimum absolute atomic E-state index is 0.0157. The molecule has 1 aliphatic heterocycles. The molecule has 3 rings (SSSR count). The highest BCUT2D eigenvalue weighted by Gasteiger charge is 2.30. The molecule has 1 fully saturated rings. The molecule has 0 saturated carbocycles. The third-order valence-electron chi connectivity index (χ3n) is 4.26. The molecule has 2 amide bonds. The van der Waals surface area contributed by atoms with Gasteiger partial charge in [0.05, 0.1) is 16.7 Å². The number of nitrogens with one attached hydrogen (secondary N) is 1. The largest absolute Gasteiger partial charge is 0.490 e. The van der Waals surface area contributed by atoms with Gasteiger partial charge in [0, 0.05) is 7.05 Å². The Morgan fingerprint density at radius 2 is 1.83 bits per heavy atom. The topological polar surface area (TPSA) is 67.9 Å². The predicted molar refractivity (Wildman–Crippen MR) is 120 cm³/mol. The highest BCUT2D eigenvalue weighted by molar-refractivity contribution is 7.80. The van der Waals surface area contributed by atoms with Crippen molar-refractivity contribution in [2.75, 3.05) is 13.7 Å². The van der Waals surface area contributed by atoms with Crippen LogP contribution in [0.25, 0.3) is 6.08 Å². The van der Waals surface area contributed by atoms with Crippen molar-refractivity contribution in [1.82, 2.24) is 10.2 Å². The molecule has 156 valence electrons. The lowest BCUT2D eigenvalue weighted by Crippen LogP contribution is -2.52. The van der Waals surface area contributed by atoms with E-state index in [0.29, 0.717) is 33.7 Å². The Morgan fingerprint density at radius 3 is 2.53 bits per heavy atom. The molecule has 0 aromatic heterocycles. The Balaban J connectivity index is 1.84. The van der Waals surface area contributed by atoms with E-state index in [1.807, 2.05) is 13.0 Å². The molecule has 2 aromatic carbocycles. The number of thiocarbonyl (C=S) groups is 1. The van der Waals surface area contributed by atoms with Crippen LogP contribution in [0, 0.1) is 0 Å². The van der Waals surface area contributed by atoms with Crippen LogP contribution in [0.4, 0.5) is 0 Å². The molecule has 30 heavy (non-hydrogen) atoms. The van der Waals surface area contributed by atoms with Gasteiger partial charge in [0.15, 0.2) is 16.6 Å². The second-order valence-electron chi connectivity index (χ2n) is 6.36. The van der Waals surface area contributed by atoms with Crippen LogP contribution < -0.4 is 14.8 Å². The van der Waals surface area contributed by atoms with Crippen molar-refractivity contribution in [3.05, 3.63) is 63.1 Å². The lowest BCUT2D eigenvalue weighted by molar-refractivity contribution is -0.128. The van der Waals surface area contributed by atoms with Crippen molar-refractivity contribution < 1.29 is 19.1 Å². The molecular formula is C21H18Cl2N2O4S. The van der Waals surface area contributed by atoms with Crippen LogP contribution >= 0.6 is 35.4 Å². The summed E-state index contributed by atoms with van der Waals surface area (Å²) in [5.74, 6) is -0.00935. The van der Waals surface area contributed by atoms with Crippen molar-refractivity contribution in [2.24, 2.45) is 0 Å². The highest BCUT2D eigenvalue weighted by atomic mass is 35.5. The summed E-state index contributed by atoms with van der Waals surface area (Å²) in [5.41, 5.74) is 1.44. The van der Waals surface area contributed by atoms with E-state index in [9.17, 15) is 9.59 Å². The van der Waals surface area contributed by atoms with Crippen LogP contribution in [0.2, 0.25) is 10.0 Å². The van der Waals surface area contributed by atoms with Gasteiger partial charge in [0.25, 0.3) is 11.8 Å². The zero-order valence-electron chi connectivity index (χ0n) is 16.2. The first-order valence-corrected chi connectivity index (χ1v) is 10.1. The van der Waals surface area contributed by atoms with E-state index in [4.69, 9.17) is 44.9 Å². The summed E-state index contributed by atoms with van der Waals surface area (Å²) in [6.45, 7) is 2.53. The minimum atomic E-state index is -0.541. The maximum Gasteiger partial charge on any atom is 0.265 e. The van der Waals surface area contributed by atoms with Crippen LogP contribution in [-0.2, 0) is 16.2 Å². The third kappa shape index (κ3) is 4.92. The summed E-state index contributed by atoms with van der Waals surface area (Å²) in [5, 5.41) is 3.47. The molecule has 0 spiro atoms. The number of nitrogens with zero attached hydrogens (tertiary/aromatic N) is 1.